The summed E-state index contributed by atoms with van der Waals surface area (Å²) in [5.74, 6) is 7.58. The van der Waals surface area contributed by atoms with Crippen LogP contribution in [0.4, 0.5) is 0 Å². The average Bonchev–Trinajstić information content (AvgIpc) is 2.91. The van der Waals surface area contributed by atoms with Gasteiger partial charge in [0.15, 0.2) is 0 Å². The number of rotatable bonds is 4. The molecule has 1 fully saturated rings. The summed E-state index contributed by atoms with van der Waals surface area (Å²) in [5, 5.41) is 0. The third kappa shape index (κ3) is 4.45. The van der Waals surface area contributed by atoms with Crippen LogP contribution in [0.1, 0.15) is 30.4 Å². The monoisotopic (exact) mass is 278 g/mol. The van der Waals surface area contributed by atoms with Gasteiger partial charge in [0.25, 0.3) is 0 Å². The second kappa shape index (κ2) is 7.43. The Morgan fingerprint density at radius 2 is 2.37 bits per heavy atom. The Balaban J connectivity index is 2.03. The second-order valence-corrected chi connectivity index (χ2v) is 5.06. The standard InChI is InChI=1S/C16H19ClO2/c1-13-7-8-16(14(11-13)5-2-3-9-17)19-12-15-6-4-10-18-15/h7-8,11,15H,3-4,6,9-10,12H2,1H3. The molecule has 102 valence electrons. The molecule has 1 aromatic rings. The number of hydrogen-bond acceptors (Lipinski definition) is 2. The van der Waals surface area contributed by atoms with Gasteiger partial charge in [-0.1, -0.05) is 17.9 Å². The number of benzene rings is 1. The Morgan fingerprint density at radius 3 is 3.11 bits per heavy atom. The van der Waals surface area contributed by atoms with E-state index < -0.39 is 0 Å². The van der Waals surface area contributed by atoms with Gasteiger partial charge in [-0.2, -0.15) is 0 Å². The van der Waals surface area contributed by atoms with Crippen LogP contribution < -0.4 is 4.74 Å². The Hall–Kier alpha value is -1.17. The zero-order chi connectivity index (χ0) is 13.5. The Kier molecular flexibility index (Phi) is 5.57. The van der Waals surface area contributed by atoms with Gasteiger partial charge in [-0.05, 0) is 37.5 Å². The highest BCUT2D eigenvalue weighted by Crippen LogP contribution is 2.21. The molecule has 1 unspecified atom stereocenters. The van der Waals surface area contributed by atoms with Crippen LogP contribution in [0, 0.1) is 18.8 Å². The minimum absolute atomic E-state index is 0.227. The number of aryl methyl sites for hydroxylation is 1. The molecule has 0 aliphatic carbocycles. The van der Waals surface area contributed by atoms with E-state index in [1.54, 1.807) is 0 Å². The van der Waals surface area contributed by atoms with Crippen molar-refractivity contribution in [1.29, 1.82) is 0 Å². The molecule has 1 aromatic carbocycles. The summed E-state index contributed by atoms with van der Waals surface area (Å²) in [4.78, 5) is 0. The number of alkyl halides is 1. The predicted molar refractivity (Wildman–Crippen MR) is 77.9 cm³/mol. The van der Waals surface area contributed by atoms with E-state index in [1.807, 2.05) is 18.2 Å². The van der Waals surface area contributed by atoms with E-state index in [0.717, 1.165) is 30.8 Å². The van der Waals surface area contributed by atoms with Crippen molar-refractivity contribution in [3.05, 3.63) is 29.3 Å². The molecule has 0 radical (unpaired) electrons. The number of hydrogen-bond donors (Lipinski definition) is 0. The average molecular weight is 279 g/mol. The second-order valence-electron chi connectivity index (χ2n) is 4.69. The lowest BCUT2D eigenvalue weighted by molar-refractivity contribution is 0.0678. The fourth-order valence-electron chi connectivity index (χ4n) is 2.03. The zero-order valence-corrected chi connectivity index (χ0v) is 12.0. The summed E-state index contributed by atoms with van der Waals surface area (Å²) in [6, 6.07) is 6.07. The smallest absolute Gasteiger partial charge is 0.135 e. The molecule has 0 N–H and O–H groups in total. The fraction of sp³-hybridized carbons (Fsp3) is 0.500. The van der Waals surface area contributed by atoms with Crippen LogP contribution in [-0.2, 0) is 4.74 Å². The van der Waals surface area contributed by atoms with Gasteiger partial charge in [0.05, 0.1) is 11.7 Å². The maximum atomic E-state index is 5.85. The van der Waals surface area contributed by atoms with Gasteiger partial charge in [-0.3, -0.25) is 0 Å². The van der Waals surface area contributed by atoms with Gasteiger partial charge in [-0.25, -0.2) is 0 Å². The van der Waals surface area contributed by atoms with E-state index in [4.69, 9.17) is 21.1 Å². The molecule has 0 saturated carbocycles. The molecule has 1 atom stereocenters. The van der Waals surface area contributed by atoms with Crippen LogP contribution in [0.3, 0.4) is 0 Å². The van der Waals surface area contributed by atoms with Gasteiger partial charge in [0, 0.05) is 18.9 Å². The Labute approximate surface area is 120 Å². The molecule has 19 heavy (non-hydrogen) atoms. The molecule has 2 nitrogen and oxygen atoms in total. The van der Waals surface area contributed by atoms with E-state index in [2.05, 4.69) is 18.8 Å². The normalized spacial score (nSPS) is 17.9. The van der Waals surface area contributed by atoms with Crippen molar-refractivity contribution < 1.29 is 9.47 Å². The molecule has 1 aliphatic heterocycles. The topological polar surface area (TPSA) is 18.5 Å². The first kappa shape index (κ1) is 14.2. The van der Waals surface area contributed by atoms with Crippen molar-refractivity contribution >= 4 is 11.6 Å². The molecule has 3 heteroatoms. The summed E-state index contributed by atoms with van der Waals surface area (Å²) in [5.41, 5.74) is 2.11. The number of halogens is 1. The number of ether oxygens (including phenoxy) is 2. The molecular weight excluding hydrogens is 260 g/mol. The summed E-state index contributed by atoms with van der Waals surface area (Å²) in [6.07, 6.45) is 3.13. The lowest BCUT2D eigenvalue weighted by atomic mass is 10.1. The summed E-state index contributed by atoms with van der Waals surface area (Å²) < 4.78 is 11.4. The molecule has 1 heterocycles. The van der Waals surface area contributed by atoms with Crippen molar-refractivity contribution in [2.24, 2.45) is 0 Å². The van der Waals surface area contributed by atoms with Crippen LogP contribution in [0.5, 0.6) is 5.75 Å². The van der Waals surface area contributed by atoms with E-state index in [1.165, 1.54) is 5.56 Å². The Morgan fingerprint density at radius 1 is 1.47 bits per heavy atom. The quantitative estimate of drug-likeness (QED) is 0.620. The third-order valence-corrected chi connectivity index (χ3v) is 3.22. The van der Waals surface area contributed by atoms with Crippen LogP contribution in [0.25, 0.3) is 0 Å². The van der Waals surface area contributed by atoms with Gasteiger partial charge in [0.1, 0.15) is 12.4 Å². The maximum absolute atomic E-state index is 5.85. The van der Waals surface area contributed by atoms with Gasteiger partial charge >= 0.3 is 0 Å². The van der Waals surface area contributed by atoms with E-state index in [9.17, 15) is 0 Å². The minimum atomic E-state index is 0.227. The van der Waals surface area contributed by atoms with Crippen LogP contribution in [0.15, 0.2) is 18.2 Å². The van der Waals surface area contributed by atoms with Gasteiger partial charge in [0.2, 0.25) is 0 Å². The molecule has 0 aromatic heterocycles. The molecule has 0 bridgehead atoms. The van der Waals surface area contributed by atoms with Crippen molar-refractivity contribution in [1.82, 2.24) is 0 Å². The minimum Gasteiger partial charge on any atom is -0.490 e. The third-order valence-electron chi connectivity index (χ3n) is 3.03. The predicted octanol–water partition coefficient (Wildman–Crippen LogP) is 3.53. The molecule has 0 amide bonds. The van der Waals surface area contributed by atoms with E-state index >= 15 is 0 Å². The van der Waals surface area contributed by atoms with Crippen molar-refractivity contribution in [3.8, 4) is 17.6 Å². The molecule has 1 aliphatic rings. The van der Waals surface area contributed by atoms with Crippen LogP contribution in [0.2, 0.25) is 0 Å². The molecular formula is C16H19ClO2. The van der Waals surface area contributed by atoms with Crippen molar-refractivity contribution in [3.63, 3.8) is 0 Å². The SMILES string of the molecule is Cc1ccc(OCC2CCCO2)c(C#CCCCl)c1. The summed E-state index contributed by atoms with van der Waals surface area (Å²) in [7, 11) is 0. The summed E-state index contributed by atoms with van der Waals surface area (Å²) in [6.45, 7) is 3.51. The highest BCUT2D eigenvalue weighted by atomic mass is 35.5. The Bertz CT molecular complexity index is 467. The van der Waals surface area contributed by atoms with Crippen molar-refractivity contribution in [2.45, 2.75) is 32.3 Å². The molecule has 1 saturated heterocycles. The van der Waals surface area contributed by atoms with E-state index in [0.29, 0.717) is 18.9 Å². The summed E-state index contributed by atoms with van der Waals surface area (Å²) >= 11 is 5.64. The lowest BCUT2D eigenvalue weighted by Gasteiger charge is -2.13. The largest absolute Gasteiger partial charge is 0.490 e. The van der Waals surface area contributed by atoms with Crippen LogP contribution in [-0.4, -0.2) is 25.2 Å². The maximum Gasteiger partial charge on any atom is 0.135 e. The zero-order valence-electron chi connectivity index (χ0n) is 11.2. The molecule has 0 spiro atoms. The van der Waals surface area contributed by atoms with E-state index in [-0.39, 0.29) is 6.10 Å². The first-order chi connectivity index (χ1) is 9.29. The van der Waals surface area contributed by atoms with Gasteiger partial charge in [-0.15, -0.1) is 11.6 Å². The molecule has 2 rings (SSSR count). The van der Waals surface area contributed by atoms with Gasteiger partial charge < -0.3 is 9.47 Å². The lowest BCUT2D eigenvalue weighted by Crippen LogP contribution is -2.16. The van der Waals surface area contributed by atoms with Crippen molar-refractivity contribution in [2.75, 3.05) is 19.1 Å². The first-order valence-corrected chi connectivity index (χ1v) is 7.23. The van der Waals surface area contributed by atoms with Crippen LogP contribution >= 0.6 is 11.6 Å². The first-order valence-electron chi connectivity index (χ1n) is 6.69. The fourth-order valence-corrected chi connectivity index (χ4v) is 2.13. The highest BCUT2D eigenvalue weighted by Gasteiger charge is 2.16. The highest BCUT2D eigenvalue weighted by molar-refractivity contribution is 6.18.